The topological polar surface area (TPSA) is 35.2 Å². The van der Waals surface area contributed by atoms with Crippen molar-refractivity contribution in [3.05, 3.63) is 47.0 Å². The van der Waals surface area contributed by atoms with E-state index in [1.807, 2.05) is 43.3 Å². The largest absolute Gasteiger partial charge is 0.495 e. The SMILES string of the molecule is COc1cc(-c2ccccc2Cl)c(C)cc1N. The lowest BCUT2D eigenvalue weighted by Crippen LogP contribution is -1.95. The van der Waals surface area contributed by atoms with Crippen LogP contribution in [0.3, 0.4) is 0 Å². The van der Waals surface area contributed by atoms with Crippen molar-refractivity contribution in [1.82, 2.24) is 0 Å². The Morgan fingerprint density at radius 1 is 1.12 bits per heavy atom. The number of nitrogen functional groups attached to an aromatic ring is 1. The zero-order valence-electron chi connectivity index (χ0n) is 9.83. The number of halogens is 1. The number of benzene rings is 2. The molecule has 2 aromatic rings. The Bertz CT molecular complexity index is 552. The van der Waals surface area contributed by atoms with Gasteiger partial charge in [-0.25, -0.2) is 0 Å². The van der Waals surface area contributed by atoms with Crippen LogP contribution in [0.1, 0.15) is 5.56 Å². The van der Waals surface area contributed by atoms with Crippen molar-refractivity contribution in [2.24, 2.45) is 0 Å². The molecule has 0 amide bonds. The van der Waals surface area contributed by atoms with Gasteiger partial charge in [0.15, 0.2) is 0 Å². The highest BCUT2D eigenvalue weighted by Crippen LogP contribution is 2.35. The summed E-state index contributed by atoms with van der Waals surface area (Å²) in [6.07, 6.45) is 0. The van der Waals surface area contributed by atoms with E-state index in [-0.39, 0.29) is 0 Å². The number of ether oxygens (including phenoxy) is 1. The highest BCUT2D eigenvalue weighted by atomic mass is 35.5. The first-order valence-corrected chi connectivity index (χ1v) is 5.70. The van der Waals surface area contributed by atoms with Crippen molar-refractivity contribution in [2.75, 3.05) is 12.8 Å². The zero-order valence-corrected chi connectivity index (χ0v) is 10.6. The Kier molecular flexibility index (Phi) is 3.25. The summed E-state index contributed by atoms with van der Waals surface area (Å²) < 4.78 is 5.23. The van der Waals surface area contributed by atoms with Crippen molar-refractivity contribution in [3.8, 4) is 16.9 Å². The minimum absolute atomic E-state index is 0.640. The molecule has 2 rings (SSSR count). The fourth-order valence-corrected chi connectivity index (χ4v) is 2.09. The van der Waals surface area contributed by atoms with Gasteiger partial charge in [-0.05, 0) is 36.2 Å². The molecule has 0 aliphatic carbocycles. The van der Waals surface area contributed by atoms with Gasteiger partial charge in [-0.2, -0.15) is 0 Å². The minimum Gasteiger partial charge on any atom is -0.495 e. The van der Waals surface area contributed by atoms with Gasteiger partial charge in [0.05, 0.1) is 12.8 Å². The number of hydrogen-bond acceptors (Lipinski definition) is 2. The van der Waals surface area contributed by atoms with Crippen LogP contribution >= 0.6 is 11.6 Å². The lowest BCUT2D eigenvalue weighted by Gasteiger charge is -2.12. The lowest BCUT2D eigenvalue weighted by atomic mass is 9.99. The smallest absolute Gasteiger partial charge is 0.142 e. The third-order valence-corrected chi connectivity index (χ3v) is 3.07. The molecule has 2 N–H and O–H groups in total. The number of nitrogens with two attached hydrogens (primary N) is 1. The molecule has 0 heterocycles. The summed E-state index contributed by atoms with van der Waals surface area (Å²) in [6.45, 7) is 2.01. The Labute approximate surface area is 106 Å². The zero-order chi connectivity index (χ0) is 12.4. The quantitative estimate of drug-likeness (QED) is 0.817. The van der Waals surface area contributed by atoms with Crippen LogP contribution in [0.2, 0.25) is 5.02 Å². The van der Waals surface area contributed by atoms with E-state index in [4.69, 9.17) is 22.1 Å². The summed E-state index contributed by atoms with van der Waals surface area (Å²) in [5, 5.41) is 0.724. The predicted molar refractivity (Wildman–Crippen MR) is 72.6 cm³/mol. The first-order valence-electron chi connectivity index (χ1n) is 5.32. The molecule has 3 heteroatoms. The number of methoxy groups -OCH3 is 1. The summed E-state index contributed by atoms with van der Waals surface area (Å²) in [7, 11) is 1.61. The second kappa shape index (κ2) is 4.68. The second-order valence-corrected chi connectivity index (χ2v) is 4.30. The van der Waals surface area contributed by atoms with Gasteiger partial charge < -0.3 is 10.5 Å². The average Bonchev–Trinajstić information content (AvgIpc) is 2.31. The molecule has 0 unspecified atom stereocenters. The molecule has 17 heavy (non-hydrogen) atoms. The molecule has 0 atom stereocenters. The van der Waals surface area contributed by atoms with Crippen molar-refractivity contribution in [3.63, 3.8) is 0 Å². The monoisotopic (exact) mass is 247 g/mol. The van der Waals surface area contributed by atoms with E-state index in [2.05, 4.69) is 0 Å². The lowest BCUT2D eigenvalue weighted by molar-refractivity contribution is 0.417. The predicted octanol–water partition coefficient (Wildman–Crippen LogP) is 3.91. The molecule has 0 aromatic heterocycles. The van der Waals surface area contributed by atoms with E-state index in [1.165, 1.54) is 0 Å². The third-order valence-electron chi connectivity index (χ3n) is 2.74. The standard InChI is InChI=1S/C14H14ClNO/c1-9-7-13(16)14(17-2)8-11(9)10-5-3-4-6-12(10)15/h3-8H,16H2,1-2H3. The second-order valence-electron chi connectivity index (χ2n) is 3.89. The fraction of sp³-hybridized carbons (Fsp3) is 0.143. The van der Waals surface area contributed by atoms with E-state index in [1.54, 1.807) is 7.11 Å². The summed E-state index contributed by atoms with van der Waals surface area (Å²) in [4.78, 5) is 0. The van der Waals surface area contributed by atoms with Crippen LogP contribution in [0, 0.1) is 6.92 Å². The van der Waals surface area contributed by atoms with E-state index < -0.39 is 0 Å². The maximum atomic E-state index is 6.19. The fourth-order valence-electron chi connectivity index (χ4n) is 1.86. The van der Waals surface area contributed by atoms with Crippen molar-refractivity contribution in [1.29, 1.82) is 0 Å². The Hall–Kier alpha value is -1.67. The van der Waals surface area contributed by atoms with Crippen LogP contribution in [0.4, 0.5) is 5.69 Å². The summed E-state index contributed by atoms with van der Waals surface area (Å²) in [6, 6.07) is 11.6. The maximum absolute atomic E-state index is 6.19. The highest BCUT2D eigenvalue weighted by Gasteiger charge is 2.09. The van der Waals surface area contributed by atoms with Gasteiger partial charge in [0, 0.05) is 10.6 Å². The van der Waals surface area contributed by atoms with E-state index in [0.29, 0.717) is 11.4 Å². The normalized spacial score (nSPS) is 10.3. The van der Waals surface area contributed by atoms with E-state index in [9.17, 15) is 0 Å². The molecule has 0 aliphatic rings. The van der Waals surface area contributed by atoms with Gasteiger partial charge in [-0.3, -0.25) is 0 Å². The van der Waals surface area contributed by atoms with E-state index in [0.717, 1.165) is 21.7 Å². The molecular weight excluding hydrogens is 234 g/mol. The summed E-state index contributed by atoms with van der Waals surface area (Å²) in [5.74, 6) is 0.672. The van der Waals surface area contributed by atoms with E-state index >= 15 is 0 Å². The van der Waals surface area contributed by atoms with Gasteiger partial charge in [-0.1, -0.05) is 29.8 Å². The molecule has 2 nitrogen and oxygen atoms in total. The molecule has 0 bridgehead atoms. The van der Waals surface area contributed by atoms with Crippen molar-refractivity contribution in [2.45, 2.75) is 6.92 Å². The molecule has 0 saturated carbocycles. The van der Waals surface area contributed by atoms with Gasteiger partial charge >= 0.3 is 0 Å². The molecule has 0 aliphatic heterocycles. The summed E-state index contributed by atoms with van der Waals surface area (Å²) in [5.41, 5.74) is 9.61. The van der Waals surface area contributed by atoms with Crippen molar-refractivity contribution < 1.29 is 4.74 Å². The van der Waals surface area contributed by atoms with Crippen LogP contribution in [0.25, 0.3) is 11.1 Å². The van der Waals surface area contributed by atoms with Crippen LogP contribution in [0.15, 0.2) is 36.4 Å². The number of anilines is 1. The van der Waals surface area contributed by atoms with Crippen LogP contribution in [-0.2, 0) is 0 Å². The molecule has 88 valence electrons. The molecule has 0 radical (unpaired) electrons. The Balaban J connectivity index is 2.64. The van der Waals surface area contributed by atoms with Gasteiger partial charge in [-0.15, -0.1) is 0 Å². The third kappa shape index (κ3) is 2.22. The molecular formula is C14H14ClNO. The Morgan fingerprint density at radius 3 is 2.47 bits per heavy atom. The van der Waals surface area contributed by atoms with Crippen LogP contribution in [-0.4, -0.2) is 7.11 Å². The minimum atomic E-state index is 0.640. The average molecular weight is 248 g/mol. The molecule has 0 saturated heterocycles. The van der Waals surface area contributed by atoms with Gasteiger partial charge in [0.25, 0.3) is 0 Å². The summed E-state index contributed by atoms with van der Waals surface area (Å²) >= 11 is 6.19. The number of hydrogen-bond donors (Lipinski definition) is 1. The molecule has 2 aromatic carbocycles. The highest BCUT2D eigenvalue weighted by molar-refractivity contribution is 6.33. The first-order chi connectivity index (χ1) is 8.13. The van der Waals surface area contributed by atoms with Crippen LogP contribution in [0.5, 0.6) is 5.75 Å². The maximum Gasteiger partial charge on any atom is 0.142 e. The number of rotatable bonds is 2. The Morgan fingerprint density at radius 2 is 1.82 bits per heavy atom. The van der Waals surface area contributed by atoms with Crippen molar-refractivity contribution >= 4 is 17.3 Å². The first kappa shape index (κ1) is 11.8. The van der Waals surface area contributed by atoms with Crippen LogP contribution < -0.4 is 10.5 Å². The van der Waals surface area contributed by atoms with Gasteiger partial charge in [0.1, 0.15) is 5.75 Å². The number of aryl methyl sites for hydroxylation is 1. The molecule has 0 spiro atoms. The van der Waals surface area contributed by atoms with Gasteiger partial charge in [0.2, 0.25) is 0 Å². The molecule has 0 fully saturated rings.